The van der Waals surface area contributed by atoms with Crippen LogP contribution in [0.4, 0.5) is 5.69 Å². The summed E-state index contributed by atoms with van der Waals surface area (Å²) in [6.45, 7) is 0. The van der Waals surface area contributed by atoms with E-state index in [-0.39, 0.29) is 5.69 Å². The predicted molar refractivity (Wildman–Crippen MR) is 62.6 cm³/mol. The van der Waals surface area contributed by atoms with E-state index >= 15 is 0 Å². The molecule has 0 bridgehead atoms. The van der Waals surface area contributed by atoms with E-state index in [0.29, 0.717) is 5.56 Å². The Labute approximate surface area is 99.1 Å². The first kappa shape index (κ1) is 13.2. The molecular formula is C10H10N2O4S. The number of hydrogen-bond acceptors (Lipinski definition) is 4. The molecule has 1 rings (SSSR count). The Morgan fingerprint density at radius 3 is 2.18 bits per heavy atom. The second kappa shape index (κ2) is 4.95. The smallest absolute Gasteiger partial charge is 0.258 e. The maximum absolute atomic E-state index is 11.3. The van der Waals surface area contributed by atoms with Crippen molar-refractivity contribution in [3.05, 3.63) is 39.9 Å². The van der Waals surface area contributed by atoms with Crippen LogP contribution in [0.2, 0.25) is 0 Å². The van der Waals surface area contributed by atoms with Gasteiger partial charge >= 0.3 is 0 Å². The van der Waals surface area contributed by atoms with Crippen molar-refractivity contribution in [2.75, 3.05) is 14.1 Å². The number of hydrogen-bond donors (Lipinski definition) is 0. The lowest BCUT2D eigenvalue weighted by Gasteiger charge is -2.02. The molecule has 0 atom stereocenters. The molecule has 0 unspecified atom stereocenters. The summed E-state index contributed by atoms with van der Waals surface area (Å²) >= 11 is 0. The molecule has 0 amide bonds. The Morgan fingerprint density at radius 2 is 1.76 bits per heavy atom. The van der Waals surface area contributed by atoms with Crippen LogP contribution in [0.5, 0.6) is 0 Å². The molecule has 7 heteroatoms. The fourth-order valence-electron chi connectivity index (χ4n) is 0.881. The van der Waals surface area contributed by atoms with Crippen molar-refractivity contribution in [2.24, 2.45) is 0 Å². The Kier molecular flexibility index (Phi) is 3.83. The first-order chi connectivity index (χ1) is 7.83. The van der Waals surface area contributed by atoms with Crippen LogP contribution in [0.25, 0.3) is 0 Å². The maximum Gasteiger partial charge on any atom is 0.282 e. The van der Waals surface area contributed by atoms with E-state index in [2.05, 4.69) is 11.2 Å². The van der Waals surface area contributed by atoms with Gasteiger partial charge in [0.15, 0.2) is 0 Å². The van der Waals surface area contributed by atoms with Crippen LogP contribution in [0.3, 0.4) is 0 Å². The number of nitrogens with zero attached hydrogens (tertiary/aromatic N) is 2. The summed E-state index contributed by atoms with van der Waals surface area (Å²) in [5.74, 6) is 2.43. The van der Waals surface area contributed by atoms with E-state index in [1.165, 1.54) is 38.4 Å². The minimum absolute atomic E-state index is 0.0639. The summed E-state index contributed by atoms with van der Waals surface area (Å²) in [4.78, 5) is 9.85. The summed E-state index contributed by atoms with van der Waals surface area (Å²) in [7, 11) is -0.835. The van der Waals surface area contributed by atoms with Gasteiger partial charge in [0, 0.05) is 37.0 Å². The van der Waals surface area contributed by atoms with E-state index in [0.717, 1.165) is 4.31 Å². The molecule has 1 aromatic carbocycles. The molecule has 0 N–H and O–H groups in total. The van der Waals surface area contributed by atoms with Crippen LogP contribution in [0, 0.1) is 21.3 Å². The Morgan fingerprint density at radius 1 is 1.24 bits per heavy atom. The van der Waals surface area contributed by atoms with Gasteiger partial charge in [-0.25, -0.2) is 0 Å². The van der Waals surface area contributed by atoms with Crippen LogP contribution in [0.15, 0.2) is 24.3 Å². The SMILES string of the molecule is CN(C)S(=O)(=O)C#Cc1ccc([N+](=O)[O-])cc1. The van der Waals surface area contributed by atoms with Crippen molar-refractivity contribution >= 4 is 15.7 Å². The highest BCUT2D eigenvalue weighted by Crippen LogP contribution is 2.11. The lowest BCUT2D eigenvalue weighted by atomic mass is 10.2. The number of nitro benzene ring substituents is 1. The van der Waals surface area contributed by atoms with E-state index in [4.69, 9.17) is 0 Å². The quantitative estimate of drug-likeness (QED) is 0.444. The van der Waals surface area contributed by atoms with Crippen molar-refractivity contribution < 1.29 is 13.3 Å². The number of sulfonamides is 1. The van der Waals surface area contributed by atoms with Gasteiger partial charge in [0.25, 0.3) is 15.7 Å². The molecule has 0 aliphatic carbocycles. The molecule has 0 saturated heterocycles. The summed E-state index contributed by atoms with van der Waals surface area (Å²) < 4.78 is 23.6. The molecule has 17 heavy (non-hydrogen) atoms. The van der Waals surface area contributed by atoms with Gasteiger partial charge in [-0.2, -0.15) is 12.7 Å². The zero-order chi connectivity index (χ0) is 13.1. The Bertz CT molecular complexity index is 579. The fourth-order valence-corrected chi connectivity index (χ4v) is 1.31. The molecule has 0 aliphatic heterocycles. The molecule has 0 radical (unpaired) electrons. The number of nitro groups is 1. The first-order valence-electron chi connectivity index (χ1n) is 4.52. The van der Waals surface area contributed by atoms with Crippen LogP contribution in [0.1, 0.15) is 5.56 Å². The standard InChI is InChI=1S/C10H10N2O4S/c1-11(2)17(15,16)8-7-9-3-5-10(6-4-9)12(13)14/h3-6H,1-2H3. The first-order valence-corrected chi connectivity index (χ1v) is 5.96. The highest BCUT2D eigenvalue weighted by molar-refractivity contribution is 7.93. The molecule has 1 aromatic rings. The van der Waals surface area contributed by atoms with Gasteiger partial charge in [-0.3, -0.25) is 10.1 Å². The van der Waals surface area contributed by atoms with E-state index < -0.39 is 14.9 Å². The van der Waals surface area contributed by atoms with Crippen molar-refractivity contribution in [2.45, 2.75) is 0 Å². The zero-order valence-corrected chi connectivity index (χ0v) is 10.1. The number of non-ortho nitro benzene ring substituents is 1. The molecule has 0 aliphatic rings. The van der Waals surface area contributed by atoms with Crippen LogP contribution in [-0.2, 0) is 10.0 Å². The minimum atomic E-state index is -3.58. The van der Waals surface area contributed by atoms with Crippen LogP contribution >= 0.6 is 0 Å². The molecule has 0 saturated carbocycles. The van der Waals surface area contributed by atoms with Gasteiger partial charge in [-0.05, 0) is 18.1 Å². The van der Waals surface area contributed by atoms with Gasteiger partial charge in [0.1, 0.15) is 0 Å². The van der Waals surface area contributed by atoms with Gasteiger partial charge in [-0.15, -0.1) is 0 Å². The van der Waals surface area contributed by atoms with Crippen molar-refractivity contribution in [1.29, 1.82) is 0 Å². The molecule has 0 spiro atoms. The van der Waals surface area contributed by atoms with E-state index in [1.807, 2.05) is 0 Å². The van der Waals surface area contributed by atoms with Crippen molar-refractivity contribution in [3.8, 4) is 11.2 Å². The highest BCUT2D eigenvalue weighted by Gasteiger charge is 2.08. The van der Waals surface area contributed by atoms with Gasteiger partial charge < -0.3 is 0 Å². The highest BCUT2D eigenvalue weighted by atomic mass is 32.2. The van der Waals surface area contributed by atoms with Crippen LogP contribution in [-0.4, -0.2) is 31.7 Å². The Hall–Kier alpha value is -1.91. The zero-order valence-electron chi connectivity index (χ0n) is 9.25. The van der Waals surface area contributed by atoms with Gasteiger partial charge in [-0.1, -0.05) is 0 Å². The summed E-state index contributed by atoms with van der Waals surface area (Å²) in [5, 5.41) is 12.5. The van der Waals surface area contributed by atoms with E-state index in [9.17, 15) is 18.5 Å². The summed E-state index contributed by atoms with van der Waals surface area (Å²) in [5.41, 5.74) is 0.340. The number of rotatable bonds is 2. The average Bonchev–Trinajstić information content (AvgIpc) is 2.27. The minimum Gasteiger partial charge on any atom is -0.258 e. The van der Waals surface area contributed by atoms with Crippen molar-refractivity contribution in [1.82, 2.24) is 4.31 Å². The lowest BCUT2D eigenvalue weighted by Crippen LogP contribution is -2.19. The third-order valence-corrected chi connectivity index (χ3v) is 3.20. The maximum atomic E-state index is 11.3. The molecule has 90 valence electrons. The molecule has 0 heterocycles. The molecule has 0 aromatic heterocycles. The van der Waals surface area contributed by atoms with Crippen molar-refractivity contribution in [3.63, 3.8) is 0 Å². The van der Waals surface area contributed by atoms with Gasteiger partial charge in [0.05, 0.1) is 4.92 Å². The third-order valence-electron chi connectivity index (χ3n) is 1.88. The largest absolute Gasteiger partial charge is 0.282 e. The monoisotopic (exact) mass is 254 g/mol. The average molecular weight is 254 g/mol. The lowest BCUT2D eigenvalue weighted by molar-refractivity contribution is -0.384. The topological polar surface area (TPSA) is 80.5 Å². The normalized spacial score (nSPS) is 10.8. The van der Waals surface area contributed by atoms with Crippen LogP contribution < -0.4 is 0 Å². The Balaban J connectivity index is 2.99. The second-order valence-electron chi connectivity index (χ2n) is 3.32. The summed E-state index contributed by atoms with van der Waals surface area (Å²) in [6.07, 6.45) is 0. The van der Waals surface area contributed by atoms with E-state index in [1.54, 1.807) is 0 Å². The molecular weight excluding hydrogens is 244 g/mol. The number of benzene rings is 1. The van der Waals surface area contributed by atoms with Gasteiger partial charge in [0.2, 0.25) is 0 Å². The fraction of sp³-hybridized carbons (Fsp3) is 0.200. The molecule has 6 nitrogen and oxygen atoms in total. The predicted octanol–water partition coefficient (Wildman–Crippen LogP) is 0.795. The molecule has 0 fully saturated rings. The second-order valence-corrected chi connectivity index (χ2v) is 5.20. The third kappa shape index (κ3) is 3.55. The summed E-state index contributed by atoms with van der Waals surface area (Å²) in [6, 6.07) is 5.34.